The molecule has 2 atom stereocenters. The zero-order valence-corrected chi connectivity index (χ0v) is 28.9. The van der Waals surface area contributed by atoms with Crippen LogP contribution in [0.15, 0.2) is 60.7 Å². The quantitative estimate of drug-likeness (QED) is 0.178. The van der Waals surface area contributed by atoms with E-state index < -0.39 is 26.7 Å². The fourth-order valence-corrected chi connectivity index (χ4v) is 27.5. The van der Waals surface area contributed by atoms with Gasteiger partial charge in [0.2, 0.25) is 0 Å². The van der Waals surface area contributed by atoms with E-state index in [4.69, 9.17) is 4.43 Å². The summed E-state index contributed by atoms with van der Waals surface area (Å²) in [6, 6.07) is 21.9. The van der Waals surface area contributed by atoms with Gasteiger partial charge in [-0.3, -0.25) is 0 Å². The van der Waals surface area contributed by atoms with E-state index in [0.29, 0.717) is 12.5 Å². The van der Waals surface area contributed by atoms with Crippen molar-refractivity contribution in [2.45, 2.75) is 116 Å². The Morgan fingerprint density at radius 3 is 1.51 bits per heavy atom. The van der Waals surface area contributed by atoms with Gasteiger partial charge in [-0.2, -0.15) is 0 Å². The number of benzene rings is 2. The number of unbranched alkanes of at least 4 members (excludes halogenated alkanes) is 3. The normalized spacial score (nSPS) is 14.5. The summed E-state index contributed by atoms with van der Waals surface area (Å²) in [4.78, 5) is 0. The van der Waals surface area contributed by atoms with Crippen LogP contribution < -0.4 is 10.4 Å². The van der Waals surface area contributed by atoms with Crippen LogP contribution in [0.4, 0.5) is 0 Å². The summed E-state index contributed by atoms with van der Waals surface area (Å²) < 4.78 is 11.2. The Morgan fingerprint density at radius 2 is 1.16 bits per heavy atom. The summed E-state index contributed by atoms with van der Waals surface area (Å²) >= 11 is -2.68. The molecule has 0 aliphatic rings. The van der Waals surface area contributed by atoms with Crippen LogP contribution in [-0.2, 0) is 4.43 Å². The number of hydrogen-bond acceptors (Lipinski definition) is 2. The predicted molar refractivity (Wildman–Crippen MR) is 168 cm³/mol. The number of aliphatic hydroxyl groups excluding tert-OH is 1. The van der Waals surface area contributed by atoms with Crippen molar-refractivity contribution in [3.63, 3.8) is 0 Å². The average Bonchev–Trinajstić information content (AvgIpc) is 2.89. The van der Waals surface area contributed by atoms with E-state index in [1.165, 1.54) is 62.2 Å². The monoisotopic (exact) mass is 632 g/mol. The molecule has 0 saturated heterocycles. The Hall–Kier alpha value is -0.624. The van der Waals surface area contributed by atoms with Gasteiger partial charge in [0.1, 0.15) is 0 Å². The first kappa shape index (κ1) is 32.6. The molecule has 2 aromatic rings. The SMILES string of the molecule is CCC[CH2][Sn]([CH2]CCC)([CH2]CCC)[CH](O)C[C@@H](C)CO[Si](c1ccccc1)(c1ccccc1)C(C)(C)C. The molecule has 4 heteroatoms. The summed E-state index contributed by atoms with van der Waals surface area (Å²) in [5, 5.41) is 14.5. The van der Waals surface area contributed by atoms with Gasteiger partial charge >= 0.3 is 236 Å². The van der Waals surface area contributed by atoms with Crippen LogP contribution in [0.3, 0.4) is 0 Å². The van der Waals surface area contributed by atoms with Gasteiger partial charge in [-0.15, -0.1) is 0 Å². The molecule has 0 aliphatic heterocycles. The van der Waals surface area contributed by atoms with Crippen LogP contribution in [0.2, 0.25) is 18.3 Å². The molecule has 0 heterocycles. The van der Waals surface area contributed by atoms with E-state index in [1.807, 2.05) is 0 Å². The van der Waals surface area contributed by atoms with Crippen LogP contribution in [0.1, 0.15) is 93.4 Å². The third kappa shape index (κ3) is 8.68. The molecule has 0 bridgehead atoms. The van der Waals surface area contributed by atoms with Gasteiger partial charge in [-0.05, 0) is 0 Å². The molecular formula is C33H56O2SiSn. The van der Waals surface area contributed by atoms with Crippen LogP contribution in [-0.4, -0.2) is 42.5 Å². The molecule has 2 aromatic carbocycles. The molecule has 0 radical (unpaired) electrons. The van der Waals surface area contributed by atoms with Gasteiger partial charge in [0.15, 0.2) is 0 Å². The summed E-state index contributed by atoms with van der Waals surface area (Å²) in [6.07, 6.45) is 8.54. The van der Waals surface area contributed by atoms with Crippen molar-refractivity contribution in [3.05, 3.63) is 60.7 Å². The third-order valence-electron chi connectivity index (χ3n) is 8.42. The second-order valence-corrected chi connectivity index (χ2v) is 30.8. The summed E-state index contributed by atoms with van der Waals surface area (Å²) in [5.41, 5.74) is 0. The molecule has 0 saturated carbocycles. The minimum atomic E-state index is -2.68. The van der Waals surface area contributed by atoms with Crippen molar-refractivity contribution < 1.29 is 9.53 Å². The van der Waals surface area contributed by atoms with E-state index >= 15 is 0 Å². The molecule has 208 valence electrons. The first-order valence-electron chi connectivity index (χ1n) is 15.1. The molecule has 0 aliphatic carbocycles. The maximum atomic E-state index is 11.9. The summed E-state index contributed by atoms with van der Waals surface area (Å²) in [6.45, 7) is 17.0. The molecule has 0 fully saturated rings. The van der Waals surface area contributed by atoms with Crippen molar-refractivity contribution in [2.24, 2.45) is 5.92 Å². The molecule has 0 spiro atoms. The zero-order valence-electron chi connectivity index (χ0n) is 25.1. The molecule has 0 amide bonds. The molecule has 1 N–H and O–H groups in total. The molecule has 2 nitrogen and oxygen atoms in total. The van der Waals surface area contributed by atoms with E-state index in [1.54, 1.807) is 0 Å². The molecule has 1 unspecified atom stereocenters. The van der Waals surface area contributed by atoms with Gasteiger partial charge in [-0.25, -0.2) is 0 Å². The van der Waals surface area contributed by atoms with Crippen molar-refractivity contribution >= 4 is 37.1 Å². The second-order valence-electron chi connectivity index (χ2n) is 12.5. The second kappa shape index (κ2) is 15.8. The number of aliphatic hydroxyl groups is 1. The van der Waals surface area contributed by atoms with Crippen LogP contribution >= 0.6 is 0 Å². The number of hydrogen-bond donors (Lipinski definition) is 1. The van der Waals surface area contributed by atoms with Crippen molar-refractivity contribution in [1.82, 2.24) is 0 Å². The van der Waals surface area contributed by atoms with Crippen molar-refractivity contribution in [2.75, 3.05) is 6.61 Å². The molecule has 2 rings (SSSR count). The third-order valence-corrected chi connectivity index (χ3v) is 29.7. The van der Waals surface area contributed by atoms with E-state index in [2.05, 4.69) is 109 Å². The molecule has 37 heavy (non-hydrogen) atoms. The fourth-order valence-electron chi connectivity index (χ4n) is 6.19. The number of rotatable bonds is 17. The van der Waals surface area contributed by atoms with Gasteiger partial charge in [0.25, 0.3) is 0 Å². The standard InChI is InChI=1S/C21H29O2Si.3C4H9.Sn/c1-18(15-16-22)17-23-24(21(2,3)4,19-11-7-5-8-12-19)20-13-9-6-10-14-20;3*1-3-4-2;/h5-14,16,18,22H,15,17H2,1-4H3;3*1,3-4H2,2H3;/t18-;;;;/m1..../s1. The van der Waals surface area contributed by atoms with E-state index in [9.17, 15) is 5.11 Å². The van der Waals surface area contributed by atoms with Crippen LogP contribution in [0.25, 0.3) is 0 Å². The Morgan fingerprint density at radius 1 is 0.757 bits per heavy atom. The Kier molecular flexibility index (Phi) is 13.9. The topological polar surface area (TPSA) is 29.5 Å². The predicted octanol–water partition coefficient (Wildman–Crippen LogP) is 8.34. The Balaban J connectivity index is 2.32. The first-order chi connectivity index (χ1) is 17.7. The van der Waals surface area contributed by atoms with Crippen molar-refractivity contribution in [3.8, 4) is 0 Å². The van der Waals surface area contributed by atoms with Crippen molar-refractivity contribution in [1.29, 1.82) is 0 Å². The van der Waals surface area contributed by atoms with Crippen LogP contribution in [0, 0.1) is 5.92 Å². The molecular weight excluding hydrogens is 575 g/mol. The van der Waals surface area contributed by atoms with E-state index in [-0.39, 0.29) is 9.16 Å². The summed E-state index contributed by atoms with van der Waals surface area (Å²) in [7, 11) is -2.54. The van der Waals surface area contributed by atoms with Gasteiger partial charge in [0, 0.05) is 0 Å². The average molecular weight is 632 g/mol. The first-order valence-corrected chi connectivity index (χ1v) is 24.7. The van der Waals surface area contributed by atoms with E-state index in [0.717, 1.165) is 6.42 Å². The Bertz CT molecular complexity index is 804. The van der Waals surface area contributed by atoms with Gasteiger partial charge in [-0.1, -0.05) is 0 Å². The minimum absolute atomic E-state index is 0.0135. The molecule has 0 aromatic heterocycles. The maximum absolute atomic E-state index is 11.9. The summed E-state index contributed by atoms with van der Waals surface area (Å²) in [5.74, 6) is 0.345. The van der Waals surface area contributed by atoms with Crippen LogP contribution in [0.5, 0.6) is 0 Å². The zero-order chi connectivity index (χ0) is 27.4. The fraction of sp³-hybridized carbons (Fsp3) is 0.636. The Labute approximate surface area is 234 Å². The van der Waals surface area contributed by atoms with Gasteiger partial charge in [0.05, 0.1) is 0 Å². The van der Waals surface area contributed by atoms with Gasteiger partial charge < -0.3 is 0 Å².